The molecule has 148 valence electrons. The minimum atomic E-state index is -2.88. The molecular weight excluding hydrogens is 382 g/mol. The van der Waals surface area contributed by atoms with Gasteiger partial charge in [-0.05, 0) is 30.3 Å². The number of benzene rings is 2. The third kappa shape index (κ3) is 5.74. The highest BCUT2D eigenvalue weighted by molar-refractivity contribution is 7.09. The minimum absolute atomic E-state index is 0.0361. The summed E-state index contributed by atoms with van der Waals surface area (Å²) in [6, 6.07) is 15.3. The second-order valence-corrected chi connectivity index (χ2v) is 7.37. The Morgan fingerprint density at radius 1 is 1.04 bits per heavy atom. The summed E-state index contributed by atoms with van der Waals surface area (Å²) in [4.78, 5) is 6.83. The predicted molar refractivity (Wildman–Crippen MR) is 106 cm³/mol. The minimum Gasteiger partial charge on any atom is -0.493 e. The smallest absolute Gasteiger partial charge is 0.387 e. The van der Waals surface area contributed by atoms with E-state index in [0.29, 0.717) is 18.8 Å². The summed E-state index contributed by atoms with van der Waals surface area (Å²) in [5.41, 5.74) is 3.21. The van der Waals surface area contributed by atoms with Gasteiger partial charge in [0.25, 0.3) is 0 Å². The van der Waals surface area contributed by atoms with Crippen LogP contribution in [0.2, 0.25) is 0 Å². The maximum atomic E-state index is 12.4. The summed E-state index contributed by atoms with van der Waals surface area (Å²) in [7, 11) is 3.43. The van der Waals surface area contributed by atoms with Gasteiger partial charge in [0.05, 0.1) is 17.8 Å². The van der Waals surface area contributed by atoms with Crippen molar-refractivity contribution in [2.24, 2.45) is 0 Å². The topological polar surface area (TPSA) is 34.6 Å². The van der Waals surface area contributed by atoms with Crippen LogP contribution in [0.25, 0.3) is 0 Å². The van der Waals surface area contributed by atoms with Gasteiger partial charge < -0.3 is 9.47 Å². The molecule has 0 aliphatic heterocycles. The van der Waals surface area contributed by atoms with E-state index in [2.05, 4.69) is 27.1 Å². The average molecular weight is 404 g/mol. The number of methoxy groups -OCH3 is 1. The Balaban J connectivity index is 1.59. The summed E-state index contributed by atoms with van der Waals surface area (Å²) in [5, 5.41) is 3.17. The second kappa shape index (κ2) is 9.61. The summed E-state index contributed by atoms with van der Waals surface area (Å²) in [6.45, 7) is -1.54. The van der Waals surface area contributed by atoms with Gasteiger partial charge in [-0.1, -0.05) is 36.4 Å². The van der Waals surface area contributed by atoms with Gasteiger partial charge in [0, 0.05) is 24.9 Å². The molecule has 0 aliphatic carbocycles. The summed E-state index contributed by atoms with van der Waals surface area (Å²) in [5.74, 6) is 0.332. The van der Waals surface area contributed by atoms with Crippen LogP contribution in [0.3, 0.4) is 0 Å². The number of ether oxygens (including phenoxy) is 2. The van der Waals surface area contributed by atoms with Crippen molar-refractivity contribution in [2.45, 2.75) is 26.1 Å². The Labute approximate surface area is 167 Å². The summed E-state index contributed by atoms with van der Waals surface area (Å²) >= 11 is 1.66. The van der Waals surface area contributed by atoms with Crippen LogP contribution in [-0.2, 0) is 19.5 Å². The molecule has 3 aromatic rings. The van der Waals surface area contributed by atoms with E-state index in [1.807, 2.05) is 25.2 Å². The molecular formula is C21H22F2N2O2S. The van der Waals surface area contributed by atoms with Gasteiger partial charge in [0.15, 0.2) is 11.5 Å². The average Bonchev–Trinajstić information content (AvgIpc) is 3.10. The molecule has 0 fully saturated rings. The van der Waals surface area contributed by atoms with Crippen LogP contribution in [0.15, 0.2) is 53.9 Å². The van der Waals surface area contributed by atoms with Crippen LogP contribution in [0.1, 0.15) is 21.8 Å². The molecule has 0 radical (unpaired) electrons. The molecule has 0 saturated carbocycles. The number of thiazole rings is 1. The zero-order valence-electron chi connectivity index (χ0n) is 15.8. The van der Waals surface area contributed by atoms with Crippen molar-refractivity contribution in [3.8, 4) is 11.5 Å². The number of nitrogens with zero attached hydrogens (tertiary/aromatic N) is 2. The van der Waals surface area contributed by atoms with E-state index in [1.54, 1.807) is 23.5 Å². The van der Waals surface area contributed by atoms with Gasteiger partial charge in [-0.3, -0.25) is 4.90 Å². The Morgan fingerprint density at radius 2 is 1.82 bits per heavy atom. The van der Waals surface area contributed by atoms with E-state index in [4.69, 9.17) is 9.72 Å². The van der Waals surface area contributed by atoms with Crippen LogP contribution in [0.4, 0.5) is 8.78 Å². The molecule has 0 saturated heterocycles. The molecule has 1 aromatic heterocycles. The van der Waals surface area contributed by atoms with Gasteiger partial charge in [-0.15, -0.1) is 11.3 Å². The number of halogens is 2. The van der Waals surface area contributed by atoms with E-state index < -0.39 is 6.61 Å². The van der Waals surface area contributed by atoms with Crippen LogP contribution >= 0.6 is 11.3 Å². The first-order chi connectivity index (χ1) is 13.5. The molecule has 0 amide bonds. The van der Waals surface area contributed by atoms with Crippen molar-refractivity contribution in [2.75, 3.05) is 14.2 Å². The highest BCUT2D eigenvalue weighted by atomic mass is 32.1. The van der Waals surface area contributed by atoms with Crippen molar-refractivity contribution in [3.63, 3.8) is 0 Å². The first-order valence-electron chi connectivity index (χ1n) is 8.81. The third-order valence-corrected chi connectivity index (χ3v) is 5.02. The van der Waals surface area contributed by atoms with Gasteiger partial charge in [0.1, 0.15) is 0 Å². The molecule has 0 unspecified atom stereocenters. The highest BCUT2D eigenvalue weighted by Crippen LogP contribution is 2.30. The molecule has 0 spiro atoms. The first-order valence-corrected chi connectivity index (χ1v) is 9.69. The van der Waals surface area contributed by atoms with Gasteiger partial charge >= 0.3 is 6.61 Å². The maximum Gasteiger partial charge on any atom is 0.387 e. The molecule has 3 rings (SSSR count). The lowest BCUT2D eigenvalue weighted by molar-refractivity contribution is -0.0512. The van der Waals surface area contributed by atoms with Crippen molar-refractivity contribution in [3.05, 3.63) is 75.7 Å². The van der Waals surface area contributed by atoms with Crippen LogP contribution in [0.5, 0.6) is 11.5 Å². The van der Waals surface area contributed by atoms with E-state index in [1.165, 1.54) is 18.7 Å². The monoisotopic (exact) mass is 404 g/mol. The number of aromatic nitrogens is 1. The Hall–Kier alpha value is -2.51. The van der Waals surface area contributed by atoms with Crippen LogP contribution in [-0.4, -0.2) is 30.7 Å². The van der Waals surface area contributed by atoms with Crippen molar-refractivity contribution in [1.29, 1.82) is 0 Å². The van der Waals surface area contributed by atoms with Crippen molar-refractivity contribution >= 4 is 11.3 Å². The fraction of sp³-hybridized carbons (Fsp3) is 0.286. The number of hydrogen-bond acceptors (Lipinski definition) is 5. The number of rotatable bonds is 9. The van der Waals surface area contributed by atoms with Crippen molar-refractivity contribution in [1.82, 2.24) is 9.88 Å². The Bertz CT molecular complexity index is 887. The van der Waals surface area contributed by atoms with Gasteiger partial charge in [0.2, 0.25) is 0 Å². The molecule has 0 bridgehead atoms. The normalized spacial score (nSPS) is 11.2. The van der Waals surface area contributed by atoms with Crippen molar-refractivity contribution < 1.29 is 18.3 Å². The summed E-state index contributed by atoms with van der Waals surface area (Å²) < 4.78 is 34.5. The first kappa shape index (κ1) is 20.2. The van der Waals surface area contributed by atoms with E-state index in [0.717, 1.165) is 22.7 Å². The lowest BCUT2D eigenvalue weighted by atomic mass is 10.2. The number of alkyl halides is 2. The Kier molecular flexibility index (Phi) is 6.95. The molecule has 0 atom stereocenters. The fourth-order valence-electron chi connectivity index (χ4n) is 2.92. The molecule has 1 heterocycles. The zero-order chi connectivity index (χ0) is 19.9. The Morgan fingerprint density at radius 3 is 2.54 bits per heavy atom. The highest BCUT2D eigenvalue weighted by Gasteiger charge is 2.12. The SMILES string of the molecule is COc1cc(CN(C)Cc2csc(Cc3ccccc3)n2)ccc1OC(F)F. The number of hydrogen-bond donors (Lipinski definition) is 0. The molecule has 0 aliphatic rings. The van der Waals surface area contributed by atoms with Crippen LogP contribution < -0.4 is 9.47 Å². The molecule has 2 aromatic carbocycles. The lowest BCUT2D eigenvalue weighted by Gasteiger charge is -2.17. The quantitative estimate of drug-likeness (QED) is 0.504. The van der Waals surface area contributed by atoms with Gasteiger partial charge in [-0.2, -0.15) is 8.78 Å². The molecule has 0 N–H and O–H groups in total. The fourth-order valence-corrected chi connectivity index (χ4v) is 3.74. The van der Waals surface area contributed by atoms with E-state index in [-0.39, 0.29) is 5.75 Å². The van der Waals surface area contributed by atoms with Gasteiger partial charge in [-0.25, -0.2) is 4.98 Å². The van der Waals surface area contributed by atoms with E-state index in [9.17, 15) is 8.78 Å². The zero-order valence-corrected chi connectivity index (χ0v) is 16.6. The molecule has 28 heavy (non-hydrogen) atoms. The summed E-state index contributed by atoms with van der Waals surface area (Å²) in [6.07, 6.45) is 0.831. The largest absolute Gasteiger partial charge is 0.493 e. The van der Waals surface area contributed by atoms with E-state index >= 15 is 0 Å². The standard InChI is InChI=1S/C21H22F2N2O2S/c1-25(12-16-8-9-18(27-21(22)23)19(10-16)26-2)13-17-14-28-20(24-17)11-15-6-4-3-5-7-15/h3-10,14,21H,11-13H2,1-2H3. The second-order valence-electron chi connectivity index (χ2n) is 6.43. The van der Waals surface area contributed by atoms with Crippen LogP contribution in [0, 0.1) is 0 Å². The maximum absolute atomic E-state index is 12.4. The molecule has 7 heteroatoms. The third-order valence-electron chi connectivity index (χ3n) is 4.13. The molecule has 4 nitrogen and oxygen atoms in total. The lowest BCUT2D eigenvalue weighted by Crippen LogP contribution is -2.17. The predicted octanol–water partition coefficient (Wildman–Crippen LogP) is 4.98.